The molecule has 0 bridgehead atoms. The Kier molecular flexibility index (Phi) is 7.48. The zero-order chi connectivity index (χ0) is 11.0. The van der Waals surface area contributed by atoms with Crippen LogP contribution in [0.2, 0.25) is 0 Å². The Morgan fingerprint density at radius 1 is 1.21 bits per heavy atom. The predicted octanol–water partition coefficient (Wildman–Crippen LogP) is 4.40. The van der Waals surface area contributed by atoms with E-state index in [0.29, 0.717) is 12.5 Å². The highest BCUT2D eigenvalue weighted by atomic mass is 31.2. The molecule has 0 aromatic heterocycles. The fourth-order valence-electron chi connectivity index (χ4n) is 1.44. The van der Waals surface area contributed by atoms with Crippen molar-refractivity contribution in [2.75, 3.05) is 12.8 Å². The van der Waals surface area contributed by atoms with Gasteiger partial charge >= 0.3 is 7.68 Å². The van der Waals surface area contributed by atoms with E-state index in [-0.39, 0.29) is 6.16 Å². The van der Waals surface area contributed by atoms with E-state index in [1.54, 1.807) is 6.92 Å². The van der Waals surface area contributed by atoms with Crippen LogP contribution in [0, 0.1) is 5.92 Å². The van der Waals surface area contributed by atoms with Crippen molar-refractivity contribution in [3.8, 4) is 0 Å². The molecule has 86 valence electrons. The maximum Gasteiger partial charge on any atom is 0.367 e. The van der Waals surface area contributed by atoms with E-state index in [9.17, 15) is 8.76 Å². The van der Waals surface area contributed by atoms with E-state index in [2.05, 4.69) is 13.8 Å². The summed E-state index contributed by atoms with van der Waals surface area (Å²) in [5.41, 5.74) is 0. The zero-order valence-electron chi connectivity index (χ0n) is 9.46. The van der Waals surface area contributed by atoms with Gasteiger partial charge in [0.1, 0.15) is 0 Å². The summed E-state index contributed by atoms with van der Waals surface area (Å²) in [6, 6.07) is 0. The molecule has 0 heterocycles. The van der Waals surface area contributed by atoms with Gasteiger partial charge in [0.05, 0.1) is 12.8 Å². The van der Waals surface area contributed by atoms with Crippen LogP contribution in [0.3, 0.4) is 0 Å². The van der Waals surface area contributed by atoms with Gasteiger partial charge in [0.2, 0.25) is 0 Å². The molecule has 0 fully saturated rings. The van der Waals surface area contributed by atoms with E-state index in [0.717, 1.165) is 25.7 Å². The SMILES string of the molecule is CCCC(CCC)COP(=O)(F)CC. The Balaban J connectivity index is 3.86. The molecule has 0 aliphatic heterocycles. The summed E-state index contributed by atoms with van der Waals surface area (Å²) in [4.78, 5) is 0. The molecule has 0 aromatic rings. The van der Waals surface area contributed by atoms with E-state index >= 15 is 0 Å². The molecule has 1 unspecified atom stereocenters. The summed E-state index contributed by atoms with van der Waals surface area (Å²) in [7, 11) is -3.77. The molecular weight excluding hydrogens is 202 g/mol. The maximum absolute atomic E-state index is 13.0. The Bertz CT molecular complexity index is 179. The lowest BCUT2D eigenvalue weighted by molar-refractivity contribution is 0.216. The summed E-state index contributed by atoms with van der Waals surface area (Å²) in [5.74, 6) is 0.362. The molecule has 0 N–H and O–H groups in total. The van der Waals surface area contributed by atoms with Crippen molar-refractivity contribution in [2.24, 2.45) is 5.92 Å². The first kappa shape index (κ1) is 14.1. The highest BCUT2D eigenvalue weighted by molar-refractivity contribution is 7.53. The van der Waals surface area contributed by atoms with Gasteiger partial charge in [-0.15, -0.1) is 0 Å². The third kappa shape index (κ3) is 6.56. The van der Waals surface area contributed by atoms with Crippen LogP contribution in [0.5, 0.6) is 0 Å². The minimum Gasteiger partial charge on any atom is -0.305 e. The fourth-order valence-corrected chi connectivity index (χ4v) is 2.05. The van der Waals surface area contributed by atoms with Crippen molar-refractivity contribution in [2.45, 2.75) is 46.5 Å². The predicted molar refractivity (Wildman–Crippen MR) is 58.5 cm³/mol. The number of halogens is 1. The molecule has 0 spiro atoms. The Hall–Kier alpha value is 0.120. The molecule has 0 aromatic carbocycles. The van der Waals surface area contributed by atoms with Crippen molar-refractivity contribution in [1.29, 1.82) is 0 Å². The first-order chi connectivity index (χ1) is 6.55. The average Bonchev–Trinajstić information content (AvgIpc) is 2.15. The molecule has 0 aliphatic rings. The Labute approximate surface area is 86.8 Å². The topological polar surface area (TPSA) is 26.3 Å². The lowest BCUT2D eigenvalue weighted by Gasteiger charge is -2.16. The van der Waals surface area contributed by atoms with E-state index in [1.807, 2.05) is 0 Å². The summed E-state index contributed by atoms with van der Waals surface area (Å²) < 4.78 is 28.8. The standard InChI is InChI=1S/C10H22FO2P/c1-4-7-10(8-5-2)9-13-14(11,12)6-3/h10H,4-9H2,1-3H3. The van der Waals surface area contributed by atoms with Gasteiger partial charge in [0.25, 0.3) is 0 Å². The van der Waals surface area contributed by atoms with E-state index < -0.39 is 7.68 Å². The normalized spacial score (nSPS) is 15.8. The molecule has 0 amide bonds. The average molecular weight is 224 g/mol. The van der Waals surface area contributed by atoms with Crippen LogP contribution in [0.15, 0.2) is 0 Å². The molecule has 14 heavy (non-hydrogen) atoms. The zero-order valence-corrected chi connectivity index (χ0v) is 10.4. The third-order valence-corrected chi connectivity index (χ3v) is 3.56. The monoisotopic (exact) mass is 224 g/mol. The van der Waals surface area contributed by atoms with Crippen LogP contribution in [0.25, 0.3) is 0 Å². The van der Waals surface area contributed by atoms with E-state index in [4.69, 9.17) is 4.52 Å². The van der Waals surface area contributed by atoms with Crippen molar-refractivity contribution in [3.63, 3.8) is 0 Å². The molecule has 0 aliphatic carbocycles. The van der Waals surface area contributed by atoms with Crippen LogP contribution in [0.1, 0.15) is 46.5 Å². The lowest BCUT2D eigenvalue weighted by Crippen LogP contribution is -2.08. The molecular formula is C10H22FO2P. The van der Waals surface area contributed by atoms with Crippen molar-refractivity contribution in [1.82, 2.24) is 0 Å². The molecule has 0 saturated carbocycles. The largest absolute Gasteiger partial charge is 0.367 e. The van der Waals surface area contributed by atoms with Gasteiger partial charge in [-0.05, 0) is 18.8 Å². The Morgan fingerprint density at radius 3 is 2.07 bits per heavy atom. The number of hydrogen-bond donors (Lipinski definition) is 0. The summed E-state index contributed by atoms with van der Waals surface area (Å²) in [6.45, 7) is 6.05. The van der Waals surface area contributed by atoms with Gasteiger partial charge < -0.3 is 4.52 Å². The van der Waals surface area contributed by atoms with Crippen LogP contribution < -0.4 is 0 Å². The van der Waals surface area contributed by atoms with Crippen LogP contribution in [-0.4, -0.2) is 12.8 Å². The van der Waals surface area contributed by atoms with Gasteiger partial charge in [-0.25, -0.2) is 0 Å². The summed E-state index contributed by atoms with van der Waals surface area (Å²) in [5, 5.41) is 0. The smallest absolute Gasteiger partial charge is 0.305 e. The second-order valence-corrected chi connectivity index (χ2v) is 5.72. The maximum atomic E-state index is 13.0. The Morgan fingerprint density at radius 2 is 1.71 bits per heavy atom. The van der Waals surface area contributed by atoms with Crippen molar-refractivity contribution >= 4 is 7.68 Å². The summed E-state index contributed by atoms with van der Waals surface area (Å²) >= 11 is 0. The van der Waals surface area contributed by atoms with Gasteiger partial charge in [-0.1, -0.05) is 33.6 Å². The molecule has 0 saturated heterocycles. The van der Waals surface area contributed by atoms with Crippen LogP contribution in [-0.2, 0) is 9.09 Å². The number of hydrogen-bond acceptors (Lipinski definition) is 2. The molecule has 0 radical (unpaired) electrons. The summed E-state index contributed by atoms with van der Waals surface area (Å²) in [6.07, 6.45) is 4.17. The fraction of sp³-hybridized carbons (Fsp3) is 1.00. The second-order valence-electron chi connectivity index (χ2n) is 3.65. The highest BCUT2D eigenvalue weighted by Gasteiger charge is 2.20. The molecule has 1 atom stereocenters. The quantitative estimate of drug-likeness (QED) is 0.571. The van der Waals surface area contributed by atoms with Crippen molar-refractivity contribution < 1.29 is 13.3 Å². The van der Waals surface area contributed by atoms with Crippen LogP contribution >= 0.6 is 7.68 Å². The van der Waals surface area contributed by atoms with Gasteiger partial charge in [-0.2, -0.15) is 4.20 Å². The molecule has 4 heteroatoms. The minimum absolute atomic E-state index is 0.0159. The first-order valence-corrected chi connectivity index (χ1v) is 7.19. The highest BCUT2D eigenvalue weighted by Crippen LogP contribution is 2.48. The van der Waals surface area contributed by atoms with E-state index in [1.165, 1.54) is 0 Å². The minimum atomic E-state index is -3.77. The lowest BCUT2D eigenvalue weighted by atomic mass is 10.00. The number of rotatable bonds is 8. The van der Waals surface area contributed by atoms with Crippen LogP contribution in [0.4, 0.5) is 4.20 Å². The van der Waals surface area contributed by atoms with Gasteiger partial charge in [-0.3, -0.25) is 4.57 Å². The molecule has 2 nitrogen and oxygen atoms in total. The van der Waals surface area contributed by atoms with Gasteiger partial charge in [0.15, 0.2) is 0 Å². The second kappa shape index (κ2) is 7.42. The third-order valence-electron chi connectivity index (χ3n) is 2.27. The molecule has 0 rings (SSSR count). The van der Waals surface area contributed by atoms with Gasteiger partial charge in [0, 0.05) is 0 Å². The van der Waals surface area contributed by atoms with Crippen molar-refractivity contribution in [3.05, 3.63) is 0 Å². The first-order valence-electron chi connectivity index (χ1n) is 5.49.